The zero-order chi connectivity index (χ0) is 16.4. The predicted octanol–water partition coefficient (Wildman–Crippen LogP) is 4.04. The van der Waals surface area contributed by atoms with E-state index in [1.807, 2.05) is 30.3 Å². The Balaban J connectivity index is 2.11. The van der Waals surface area contributed by atoms with E-state index < -0.39 is 5.97 Å². The molecular weight excluding hydrogens is 378 g/mol. The molecule has 23 heavy (non-hydrogen) atoms. The highest BCUT2D eigenvalue weighted by molar-refractivity contribution is 9.10. The summed E-state index contributed by atoms with van der Waals surface area (Å²) in [6.45, 7) is 0. The van der Waals surface area contributed by atoms with Crippen molar-refractivity contribution in [2.75, 3.05) is 5.75 Å². The van der Waals surface area contributed by atoms with Gasteiger partial charge in [0.05, 0.1) is 17.4 Å². The minimum Gasteiger partial charge on any atom is -0.481 e. The lowest BCUT2D eigenvalue weighted by Gasteiger charge is -2.06. The number of benzene rings is 2. The third-order valence-corrected chi connectivity index (χ3v) is 4.70. The number of nitrogens with one attached hydrogen (secondary N) is 1. The SMILES string of the molecule is N#Cc1ccc(-c2nc(SCC(=O)O)[nH]c2Br)c2ccccc12. The molecule has 0 bridgehead atoms. The van der Waals surface area contributed by atoms with Crippen molar-refractivity contribution in [1.82, 2.24) is 9.97 Å². The van der Waals surface area contributed by atoms with E-state index in [1.165, 1.54) is 0 Å². The van der Waals surface area contributed by atoms with Gasteiger partial charge in [0.15, 0.2) is 5.16 Å². The maximum Gasteiger partial charge on any atom is 0.313 e. The van der Waals surface area contributed by atoms with Gasteiger partial charge in [-0.1, -0.05) is 42.1 Å². The first-order valence-electron chi connectivity index (χ1n) is 6.62. The first-order valence-corrected chi connectivity index (χ1v) is 8.40. The number of carbonyl (C=O) groups is 1. The van der Waals surface area contributed by atoms with E-state index in [4.69, 9.17) is 5.11 Å². The van der Waals surface area contributed by atoms with Crippen LogP contribution in [-0.2, 0) is 4.79 Å². The maximum atomic E-state index is 10.7. The molecule has 0 amide bonds. The predicted molar refractivity (Wildman–Crippen MR) is 92.3 cm³/mol. The zero-order valence-corrected chi connectivity index (χ0v) is 14.1. The topological polar surface area (TPSA) is 89.8 Å². The first-order chi connectivity index (χ1) is 11.1. The number of fused-ring (bicyclic) bond motifs is 1. The smallest absolute Gasteiger partial charge is 0.313 e. The van der Waals surface area contributed by atoms with Gasteiger partial charge in [-0.05, 0) is 27.4 Å². The second-order valence-electron chi connectivity index (χ2n) is 4.71. The zero-order valence-electron chi connectivity index (χ0n) is 11.7. The molecular formula is C16H10BrN3O2S. The van der Waals surface area contributed by atoms with Gasteiger partial charge < -0.3 is 10.1 Å². The number of carboxylic acids is 1. The summed E-state index contributed by atoms with van der Waals surface area (Å²) >= 11 is 4.56. The van der Waals surface area contributed by atoms with Crippen molar-refractivity contribution in [3.05, 3.63) is 46.6 Å². The van der Waals surface area contributed by atoms with Crippen LogP contribution >= 0.6 is 27.7 Å². The fourth-order valence-electron chi connectivity index (χ4n) is 2.31. The Hall–Kier alpha value is -2.30. The number of nitriles is 1. The maximum absolute atomic E-state index is 10.7. The normalized spacial score (nSPS) is 10.6. The summed E-state index contributed by atoms with van der Waals surface area (Å²) in [4.78, 5) is 18.2. The van der Waals surface area contributed by atoms with Gasteiger partial charge in [-0.3, -0.25) is 4.79 Å². The molecule has 0 aliphatic carbocycles. The van der Waals surface area contributed by atoms with Gasteiger partial charge in [-0.15, -0.1) is 0 Å². The summed E-state index contributed by atoms with van der Waals surface area (Å²) in [5, 5.41) is 20.3. The Morgan fingerprint density at radius 3 is 2.74 bits per heavy atom. The molecule has 0 radical (unpaired) electrons. The summed E-state index contributed by atoms with van der Waals surface area (Å²) in [6.07, 6.45) is 0. The number of aromatic nitrogens is 2. The Morgan fingerprint density at radius 1 is 1.30 bits per heavy atom. The number of imidazole rings is 1. The largest absolute Gasteiger partial charge is 0.481 e. The van der Waals surface area contributed by atoms with Gasteiger partial charge in [-0.25, -0.2) is 4.98 Å². The molecule has 0 atom stereocenters. The van der Waals surface area contributed by atoms with Crippen molar-refractivity contribution in [3.63, 3.8) is 0 Å². The number of carboxylic acid groups (broad SMARTS) is 1. The van der Waals surface area contributed by atoms with E-state index in [2.05, 4.69) is 32.0 Å². The summed E-state index contributed by atoms with van der Waals surface area (Å²) in [5.41, 5.74) is 2.18. The van der Waals surface area contributed by atoms with Crippen LogP contribution in [-0.4, -0.2) is 26.8 Å². The van der Waals surface area contributed by atoms with E-state index in [0.717, 1.165) is 28.1 Å². The highest BCUT2D eigenvalue weighted by atomic mass is 79.9. The first kappa shape index (κ1) is 15.6. The van der Waals surface area contributed by atoms with Gasteiger partial charge in [0.2, 0.25) is 0 Å². The van der Waals surface area contributed by atoms with E-state index in [0.29, 0.717) is 21.0 Å². The van der Waals surface area contributed by atoms with Crippen LogP contribution in [0.4, 0.5) is 0 Å². The average Bonchev–Trinajstić information content (AvgIpc) is 2.92. The lowest BCUT2D eigenvalue weighted by Crippen LogP contribution is -1.97. The van der Waals surface area contributed by atoms with Crippen LogP contribution in [0.25, 0.3) is 22.0 Å². The summed E-state index contributed by atoms with van der Waals surface area (Å²) in [6, 6.07) is 13.5. The van der Waals surface area contributed by atoms with Crippen LogP contribution in [0.5, 0.6) is 0 Å². The van der Waals surface area contributed by atoms with Crippen molar-refractivity contribution in [3.8, 4) is 17.3 Å². The molecule has 3 aromatic rings. The molecule has 1 heterocycles. The van der Waals surface area contributed by atoms with Crippen LogP contribution in [0.15, 0.2) is 46.2 Å². The molecule has 0 saturated heterocycles. The molecule has 0 aliphatic rings. The van der Waals surface area contributed by atoms with Crippen LogP contribution < -0.4 is 0 Å². The Labute approximate surface area is 144 Å². The quantitative estimate of drug-likeness (QED) is 0.659. The number of hydrogen-bond donors (Lipinski definition) is 2. The van der Waals surface area contributed by atoms with Crippen LogP contribution in [0.2, 0.25) is 0 Å². The molecule has 5 nitrogen and oxygen atoms in total. The van der Waals surface area contributed by atoms with Crippen LogP contribution in [0.3, 0.4) is 0 Å². The summed E-state index contributed by atoms with van der Waals surface area (Å²) < 4.78 is 0.681. The number of aromatic amines is 1. The molecule has 0 saturated carbocycles. The van der Waals surface area contributed by atoms with Gasteiger partial charge >= 0.3 is 5.97 Å². The highest BCUT2D eigenvalue weighted by Crippen LogP contribution is 2.35. The Bertz CT molecular complexity index is 946. The van der Waals surface area contributed by atoms with Crippen molar-refractivity contribution < 1.29 is 9.90 Å². The van der Waals surface area contributed by atoms with Gasteiger partial charge in [0, 0.05) is 10.9 Å². The number of H-pyrrole nitrogens is 1. The molecule has 1 aromatic heterocycles. The van der Waals surface area contributed by atoms with Crippen molar-refractivity contribution in [2.24, 2.45) is 0 Å². The second kappa shape index (κ2) is 6.44. The minimum absolute atomic E-state index is 0.0620. The summed E-state index contributed by atoms with van der Waals surface area (Å²) in [7, 11) is 0. The lowest BCUT2D eigenvalue weighted by molar-refractivity contribution is -0.133. The average molecular weight is 388 g/mol. The molecule has 2 N–H and O–H groups in total. The van der Waals surface area contributed by atoms with Crippen molar-refractivity contribution >= 4 is 44.4 Å². The molecule has 2 aromatic carbocycles. The molecule has 0 fully saturated rings. The van der Waals surface area contributed by atoms with Crippen LogP contribution in [0, 0.1) is 11.3 Å². The van der Waals surface area contributed by atoms with E-state index >= 15 is 0 Å². The van der Waals surface area contributed by atoms with Gasteiger partial charge in [-0.2, -0.15) is 5.26 Å². The fraction of sp³-hybridized carbons (Fsp3) is 0.0625. The Kier molecular flexibility index (Phi) is 4.37. The third-order valence-electron chi connectivity index (χ3n) is 3.27. The number of rotatable bonds is 4. The molecule has 7 heteroatoms. The van der Waals surface area contributed by atoms with E-state index in [9.17, 15) is 10.1 Å². The molecule has 114 valence electrons. The second-order valence-corrected chi connectivity index (χ2v) is 6.46. The monoisotopic (exact) mass is 387 g/mol. The molecule has 0 spiro atoms. The number of aliphatic carboxylic acids is 1. The third kappa shape index (κ3) is 3.09. The number of halogens is 1. The fourth-order valence-corrected chi connectivity index (χ4v) is 3.52. The van der Waals surface area contributed by atoms with Crippen LogP contribution in [0.1, 0.15) is 5.56 Å². The molecule has 3 rings (SSSR count). The number of nitrogens with zero attached hydrogens (tertiary/aromatic N) is 2. The molecule has 0 aliphatic heterocycles. The van der Waals surface area contributed by atoms with E-state index in [-0.39, 0.29) is 5.75 Å². The lowest BCUT2D eigenvalue weighted by atomic mass is 9.99. The standard InChI is InChI=1S/C16H10BrN3O2S/c17-15-14(19-16(20-15)23-8-13(21)22)12-6-5-9(7-18)10-3-1-2-4-11(10)12/h1-6H,8H2,(H,19,20)(H,21,22). The highest BCUT2D eigenvalue weighted by Gasteiger charge is 2.15. The summed E-state index contributed by atoms with van der Waals surface area (Å²) in [5.74, 6) is -0.957. The van der Waals surface area contributed by atoms with Gasteiger partial charge in [0.1, 0.15) is 10.3 Å². The minimum atomic E-state index is -0.895. The Morgan fingerprint density at radius 2 is 2.04 bits per heavy atom. The number of thioether (sulfide) groups is 1. The number of hydrogen-bond acceptors (Lipinski definition) is 4. The van der Waals surface area contributed by atoms with Gasteiger partial charge in [0.25, 0.3) is 0 Å². The molecule has 0 unspecified atom stereocenters. The van der Waals surface area contributed by atoms with Crippen molar-refractivity contribution in [1.29, 1.82) is 5.26 Å². The van der Waals surface area contributed by atoms with Crippen molar-refractivity contribution in [2.45, 2.75) is 5.16 Å². The van der Waals surface area contributed by atoms with E-state index in [1.54, 1.807) is 6.07 Å².